The van der Waals surface area contributed by atoms with E-state index < -0.39 is 72.6 Å². The summed E-state index contributed by atoms with van der Waals surface area (Å²) in [5, 5.41) is 14.7. The molecular weight excluding hydrogens is 570 g/mol. The van der Waals surface area contributed by atoms with Crippen molar-refractivity contribution in [2.75, 3.05) is 5.32 Å². The van der Waals surface area contributed by atoms with E-state index in [0.29, 0.717) is 6.07 Å². The van der Waals surface area contributed by atoms with Crippen LogP contribution in [0.3, 0.4) is 0 Å². The predicted octanol–water partition coefficient (Wildman–Crippen LogP) is 4.18. The Balaban J connectivity index is 1.47. The summed E-state index contributed by atoms with van der Waals surface area (Å²) in [7, 11) is 0. The van der Waals surface area contributed by atoms with Crippen molar-refractivity contribution >= 4 is 35.0 Å². The second-order valence-electron chi connectivity index (χ2n) is 9.89. The normalized spacial score (nSPS) is 22.3. The van der Waals surface area contributed by atoms with Crippen molar-refractivity contribution in [2.45, 2.75) is 56.1 Å². The number of hydrogen-bond donors (Lipinski definition) is 2. The van der Waals surface area contributed by atoms with E-state index >= 15 is 0 Å². The monoisotopic (exact) mass is 591 g/mol. The Morgan fingerprint density at radius 1 is 1.15 bits per heavy atom. The Morgan fingerprint density at radius 3 is 2.46 bits per heavy atom. The number of alkyl halides is 2. The minimum absolute atomic E-state index is 0.00182. The molecule has 9 nitrogen and oxygen atoms in total. The molecule has 1 saturated heterocycles. The van der Waals surface area contributed by atoms with Crippen LogP contribution in [0.15, 0.2) is 54.4 Å². The summed E-state index contributed by atoms with van der Waals surface area (Å²) in [5.41, 5.74) is 0.0436. The van der Waals surface area contributed by atoms with Crippen LogP contribution in [0.2, 0.25) is 5.02 Å². The molecule has 2 aromatic carbocycles. The fourth-order valence-electron chi connectivity index (χ4n) is 5.13. The number of nitrogens with one attached hydrogen (secondary N) is 2. The molecule has 5 rings (SSSR count). The van der Waals surface area contributed by atoms with Gasteiger partial charge in [0.25, 0.3) is 12.3 Å². The van der Waals surface area contributed by atoms with Crippen LogP contribution in [0.5, 0.6) is 0 Å². The number of nitrogens with zero attached hydrogens (tertiary/aromatic N) is 3. The Hall–Kier alpha value is -4.31. The van der Waals surface area contributed by atoms with Crippen LogP contribution in [0.25, 0.3) is 0 Å². The number of benzene rings is 2. The standard InChI is InChI=1S/C27H22ClF4N5O4/c28-20-4-2-1-3-19(20)23(25(40)35-17-10-27(31,32)11-17)36-13-18(12-33)41-26(36)37-21(5-6-22(37)38)24(39)34-16-8-14(29)7-15(30)9-16/h1-4,7-9,13,17,21,23,26H,5-6,10-11H2,(H,34,39)(H,35,40)/t21?,23-,26?/m0/s1. The van der Waals surface area contributed by atoms with Gasteiger partial charge in [0.1, 0.15) is 29.8 Å². The zero-order valence-corrected chi connectivity index (χ0v) is 21.9. The van der Waals surface area contributed by atoms with Crippen LogP contribution in [0, 0.1) is 23.0 Å². The van der Waals surface area contributed by atoms with Crippen molar-refractivity contribution < 1.29 is 36.7 Å². The number of likely N-dealkylation sites (tertiary alicyclic amines) is 1. The first-order chi connectivity index (χ1) is 19.5. The lowest BCUT2D eigenvalue weighted by Crippen LogP contribution is -2.57. The minimum atomic E-state index is -2.90. The molecule has 0 spiro atoms. The van der Waals surface area contributed by atoms with Gasteiger partial charge in [0.2, 0.25) is 23.5 Å². The molecule has 0 aromatic heterocycles. The van der Waals surface area contributed by atoms with Gasteiger partial charge in [-0.15, -0.1) is 0 Å². The number of anilines is 1. The van der Waals surface area contributed by atoms with Gasteiger partial charge in [-0.3, -0.25) is 19.3 Å². The summed E-state index contributed by atoms with van der Waals surface area (Å²) in [6.45, 7) is 0. The molecule has 2 aliphatic heterocycles. The van der Waals surface area contributed by atoms with Crippen LogP contribution in [-0.4, -0.2) is 51.9 Å². The van der Waals surface area contributed by atoms with Crippen LogP contribution < -0.4 is 10.6 Å². The summed E-state index contributed by atoms with van der Waals surface area (Å²) in [6, 6.07) is 7.07. The van der Waals surface area contributed by atoms with Crippen LogP contribution >= 0.6 is 11.6 Å². The first kappa shape index (κ1) is 28.2. The zero-order chi connectivity index (χ0) is 29.5. The van der Waals surface area contributed by atoms with Crippen molar-refractivity contribution in [2.24, 2.45) is 0 Å². The summed E-state index contributed by atoms with van der Waals surface area (Å²) in [6.07, 6.45) is -1.53. The number of carbonyl (C=O) groups excluding carboxylic acids is 3. The lowest BCUT2D eigenvalue weighted by Gasteiger charge is -2.40. The summed E-state index contributed by atoms with van der Waals surface area (Å²) < 4.78 is 60.0. The molecule has 2 heterocycles. The van der Waals surface area contributed by atoms with Gasteiger partial charge in [-0.05, 0) is 24.6 Å². The molecule has 3 atom stereocenters. The van der Waals surface area contributed by atoms with Gasteiger partial charge in [-0.2, -0.15) is 5.26 Å². The average Bonchev–Trinajstić information content (AvgIpc) is 3.46. The van der Waals surface area contributed by atoms with E-state index in [1.165, 1.54) is 23.2 Å². The SMILES string of the molecule is N#CC1=CN([C@H](C(=O)NC2CC(F)(F)C2)c2ccccc2Cl)C(N2C(=O)CCC2C(=O)Nc2cc(F)cc(F)c2)O1. The van der Waals surface area contributed by atoms with E-state index in [1.807, 2.05) is 0 Å². The number of rotatable bonds is 7. The van der Waals surface area contributed by atoms with Crippen molar-refractivity contribution in [1.29, 1.82) is 5.26 Å². The van der Waals surface area contributed by atoms with Gasteiger partial charge in [0.15, 0.2) is 0 Å². The zero-order valence-electron chi connectivity index (χ0n) is 21.1. The molecule has 2 fully saturated rings. The fourth-order valence-corrected chi connectivity index (χ4v) is 5.37. The summed E-state index contributed by atoms with van der Waals surface area (Å²) >= 11 is 6.41. The first-order valence-electron chi connectivity index (χ1n) is 12.5. The maximum atomic E-state index is 13.7. The molecule has 1 aliphatic carbocycles. The highest BCUT2D eigenvalue weighted by molar-refractivity contribution is 6.31. The van der Waals surface area contributed by atoms with Gasteiger partial charge in [0, 0.05) is 47.6 Å². The van der Waals surface area contributed by atoms with Crippen LogP contribution in [0.1, 0.15) is 37.3 Å². The molecule has 214 valence electrons. The maximum absolute atomic E-state index is 13.7. The highest BCUT2D eigenvalue weighted by Gasteiger charge is 2.50. The van der Waals surface area contributed by atoms with Gasteiger partial charge in [-0.1, -0.05) is 29.8 Å². The second-order valence-corrected chi connectivity index (χ2v) is 10.3. The first-order valence-corrected chi connectivity index (χ1v) is 12.9. The van der Waals surface area contributed by atoms with E-state index in [4.69, 9.17) is 16.3 Å². The summed E-state index contributed by atoms with van der Waals surface area (Å²) in [5.74, 6) is -7.14. The Kier molecular flexibility index (Phi) is 7.52. The van der Waals surface area contributed by atoms with E-state index in [-0.39, 0.29) is 34.9 Å². The third-order valence-corrected chi connectivity index (χ3v) is 7.32. The number of carbonyl (C=O) groups is 3. The number of ether oxygens (including phenoxy) is 1. The molecule has 3 aliphatic rings. The van der Waals surface area contributed by atoms with E-state index in [2.05, 4.69) is 10.6 Å². The number of halogens is 5. The Labute approximate surface area is 236 Å². The predicted molar refractivity (Wildman–Crippen MR) is 136 cm³/mol. The number of hydrogen-bond acceptors (Lipinski definition) is 6. The topological polar surface area (TPSA) is 115 Å². The minimum Gasteiger partial charge on any atom is -0.440 e. The quantitative estimate of drug-likeness (QED) is 0.467. The smallest absolute Gasteiger partial charge is 0.257 e. The lowest BCUT2D eigenvalue weighted by molar-refractivity contribution is -0.161. The van der Waals surface area contributed by atoms with Gasteiger partial charge in [0.05, 0.1) is 6.20 Å². The average molecular weight is 592 g/mol. The molecule has 1 saturated carbocycles. The maximum Gasteiger partial charge on any atom is 0.257 e. The van der Waals surface area contributed by atoms with E-state index in [9.17, 15) is 37.2 Å². The molecule has 2 aromatic rings. The second kappa shape index (κ2) is 10.9. The lowest BCUT2D eigenvalue weighted by atomic mass is 9.88. The highest BCUT2D eigenvalue weighted by atomic mass is 35.5. The van der Waals surface area contributed by atoms with Crippen molar-refractivity contribution in [3.63, 3.8) is 0 Å². The van der Waals surface area contributed by atoms with Crippen LogP contribution in [-0.2, 0) is 19.1 Å². The molecule has 3 amide bonds. The number of allylic oxidation sites excluding steroid dienone is 1. The Bertz CT molecular complexity index is 1450. The fraction of sp³-hybridized carbons (Fsp3) is 0.333. The Morgan fingerprint density at radius 2 is 1.83 bits per heavy atom. The molecule has 41 heavy (non-hydrogen) atoms. The highest BCUT2D eigenvalue weighted by Crippen LogP contribution is 2.40. The van der Waals surface area contributed by atoms with Crippen molar-refractivity contribution in [1.82, 2.24) is 15.1 Å². The molecular formula is C27H22ClF4N5O4. The molecule has 2 N–H and O–H groups in total. The van der Waals surface area contributed by atoms with Gasteiger partial charge in [-0.25, -0.2) is 17.6 Å². The molecule has 14 heteroatoms. The van der Waals surface area contributed by atoms with Gasteiger partial charge < -0.3 is 20.3 Å². The van der Waals surface area contributed by atoms with Crippen LogP contribution in [0.4, 0.5) is 23.2 Å². The number of amides is 3. The van der Waals surface area contributed by atoms with E-state index in [0.717, 1.165) is 17.0 Å². The largest absolute Gasteiger partial charge is 0.440 e. The van der Waals surface area contributed by atoms with E-state index in [1.54, 1.807) is 18.2 Å². The third kappa shape index (κ3) is 5.78. The number of nitriles is 1. The summed E-state index contributed by atoms with van der Waals surface area (Å²) in [4.78, 5) is 42.1. The van der Waals surface area contributed by atoms with Gasteiger partial charge >= 0.3 is 0 Å². The third-order valence-electron chi connectivity index (χ3n) is 6.97. The molecule has 2 unspecified atom stereocenters. The van der Waals surface area contributed by atoms with Crippen molar-refractivity contribution in [3.05, 3.63) is 76.6 Å². The van der Waals surface area contributed by atoms with Crippen molar-refractivity contribution in [3.8, 4) is 6.07 Å². The molecule has 0 radical (unpaired) electrons. The molecule has 0 bridgehead atoms.